The molecule has 0 saturated carbocycles. The molecule has 0 spiro atoms. The molecule has 1 saturated heterocycles. The summed E-state index contributed by atoms with van der Waals surface area (Å²) in [6.07, 6.45) is 3.51. The van der Waals surface area contributed by atoms with Crippen LogP contribution in [0.3, 0.4) is 0 Å². The topological polar surface area (TPSA) is 53.0 Å². The molecule has 0 aliphatic carbocycles. The van der Waals surface area contributed by atoms with E-state index in [1.165, 1.54) is 12.8 Å². The van der Waals surface area contributed by atoms with Gasteiger partial charge in [-0.05, 0) is 59.8 Å². The molecule has 2 rings (SSSR count). The van der Waals surface area contributed by atoms with Crippen molar-refractivity contribution in [2.45, 2.75) is 19.3 Å². The van der Waals surface area contributed by atoms with Crippen LogP contribution in [-0.2, 0) is 0 Å². The molecule has 1 atom stereocenters. The maximum Gasteiger partial charge on any atom is 0.103 e. The first-order chi connectivity index (χ1) is 8.76. The highest BCUT2D eigenvalue weighted by Crippen LogP contribution is 2.31. The lowest BCUT2D eigenvalue weighted by Crippen LogP contribution is -2.36. The highest BCUT2D eigenvalue weighted by molar-refractivity contribution is 9.10. The monoisotopic (exact) mass is 307 g/mol. The van der Waals surface area contributed by atoms with Crippen molar-refractivity contribution in [2.24, 2.45) is 11.7 Å². The number of halogens is 1. The predicted octanol–water partition coefficient (Wildman–Crippen LogP) is 2.89. The zero-order valence-corrected chi connectivity index (χ0v) is 12.0. The zero-order chi connectivity index (χ0) is 13.0. The van der Waals surface area contributed by atoms with Crippen molar-refractivity contribution in [1.29, 1.82) is 5.26 Å². The SMILES string of the molecule is N#Cc1c(Br)cccc1N1CCCC(CCN)C1. The summed E-state index contributed by atoms with van der Waals surface area (Å²) >= 11 is 3.45. The van der Waals surface area contributed by atoms with E-state index >= 15 is 0 Å². The fraction of sp³-hybridized carbons (Fsp3) is 0.500. The van der Waals surface area contributed by atoms with Gasteiger partial charge >= 0.3 is 0 Å². The minimum Gasteiger partial charge on any atom is -0.370 e. The van der Waals surface area contributed by atoms with Gasteiger partial charge < -0.3 is 10.6 Å². The Bertz CT molecular complexity index is 451. The minimum absolute atomic E-state index is 0.661. The molecule has 1 unspecified atom stereocenters. The second-order valence-corrected chi connectivity index (χ2v) is 5.63. The van der Waals surface area contributed by atoms with Crippen LogP contribution in [0.1, 0.15) is 24.8 Å². The molecule has 1 fully saturated rings. The van der Waals surface area contributed by atoms with E-state index in [1.54, 1.807) is 0 Å². The van der Waals surface area contributed by atoms with Crippen molar-refractivity contribution < 1.29 is 0 Å². The number of anilines is 1. The molecule has 1 aromatic carbocycles. The number of hydrogen-bond acceptors (Lipinski definition) is 3. The van der Waals surface area contributed by atoms with Gasteiger partial charge in [-0.2, -0.15) is 5.26 Å². The van der Waals surface area contributed by atoms with Crippen LogP contribution in [0.25, 0.3) is 0 Å². The summed E-state index contributed by atoms with van der Waals surface area (Å²) in [4.78, 5) is 2.33. The van der Waals surface area contributed by atoms with Crippen LogP contribution < -0.4 is 10.6 Å². The first-order valence-corrected chi connectivity index (χ1v) is 7.19. The molecule has 1 heterocycles. The largest absolute Gasteiger partial charge is 0.370 e. The third kappa shape index (κ3) is 2.85. The van der Waals surface area contributed by atoms with Crippen molar-refractivity contribution >= 4 is 21.6 Å². The van der Waals surface area contributed by atoms with Gasteiger partial charge in [0, 0.05) is 17.6 Å². The van der Waals surface area contributed by atoms with E-state index in [-0.39, 0.29) is 0 Å². The highest BCUT2D eigenvalue weighted by atomic mass is 79.9. The number of benzene rings is 1. The van der Waals surface area contributed by atoms with E-state index in [4.69, 9.17) is 5.73 Å². The minimum atomic E-state index is 0.661. The Morgan fingerprint density at radius 1 is 1.50 bits per heavy atom. The molecular weight excluding hydrogens is 290 g/mol. The third-order valence-electron chi connectivity index (χ3n) is 3.54. The summed E-state index contributed by atoms with van der Waals surface area (Å²) in [7, 11) is 0. The number of nitrogens with two attached hydrogens (primary N) is 1. The molecule has 0 amide bonds. The fourth-order valence-electron chi connectivity index (χ4n) is 2.64. The van der Waals surface area contributed by atoms with E-state index in [0.717, 1.165) is 41.8 Å². The Morgan fingerprint density at radius 3 is 3.06 bits per heavy atom. The fourth-order valence-corrected chi connectivity index (χ4v) is 3.09. The van der Waals surface area contributed by atoms with Crippen LogP contribution in [0.5, 0.6) is 0 Å². The number of nitrogens with zero attached hydrogens (tertiary/aromatic N) is 2. The normalized spacial score (nSPS) is 19.6. The van der Waals surface area contributed by atoms with Crippen LogP contribution in [0.4, 0.5) is 5.69 Å². The molecule has 0 bridgehead atoms. The maximum atomic E-state index is 9.27. The predicted molar refractivity (Wildman–Crippen MR) is 77.5 cm³/mol. The van der Waals surface area contributed by atoms with Gasteiger partial charge in [0.15, 0.2) is 0 Å². The molecule has 1 aliphatic rings. The lowest BCUT2D eigenvalue weighted by molar-refractivity contribution is 0.396. The molecule has 4 heteroatoms. The summed E-state index contributed by atoms with van der Waals surface area (Å²) in [5, 5.41) is 9.27. The Morgan fingerprint density at radius 2 is 2.33 bits per heavy atom. The quantitative estimate of drug-likeness (QED) is 0.934. The van der Waals surface area contributed by atoms with Crippen LogP contribution >= 0.6 is 15.9 Å². The number of nitriles is 1. The van der Waals surface area contributed by atoms with E-state index in [0.29, 0.717) is 5.92 Å². The van der Waals surface area contributed by atoms with Gasteiger partial charge in [-0.15, -0.1) is 0 Å². The Hall–Kier alpha value is -1.05. The second-order valence-electron chi connectivity index (χ2n) is 4.78. The molecular formula is C14H18BrN3. The average Bonchev–Trinajstić information content (AvgIpc) is 2.39. The first-order valence-electron chi connectivity index (χ1n) is 6.40. The molecule has 0 aromatic heterocycles. The molecule has 1 aliphatic heterocycles. The van der Waals surface area contributed by atoms with E-state index in [9.17, 15) is 5.26 Å². The second kappa shape index (κ2) is 6.21. The number of piperidine rings is 1. The molecule has 1 aromatic rings. The molecule has 0 radical (unpaired) electrons. The van der Waals surface area contributed by atoms with Gasteiger partial charge in [0.05, 0.1) is 11.3 Å². The molecule has 18 heavy (non-hydrogen) atoms. The first kappa shape index (κ1) is 13.4. The lowest BCUT2D eigenvalue weighted by atomic mass is 9.94. The van der Waals surface area contributed by atoms with Crippen LogP contribution in [0, 0.1) is 17.2 Å². The van der Waals surface area contributed by atoms with Crippen molar-refractivity contribution in [3.8, 4) is 6.07 Å². The zero-order valence-electron chi connectivity index (χ0n) is 10.4. The van der Waals surface area contributed by atoms with Crippen molar-refractivity contribution in [3.05, 3.63) is 28.2 Å². The average molecular weight is 308 g/mol. The summed E-state index contributed by atoms with van der Waals surface area (Å²) in [6, 6.07) is 8.24. The summed E-state index contributed by atoms with van der Waals surface area (Å²) in [5.41, 5.74) is 7.44. The summed E-state index contributed by atoms with van der Waals surface area (Å²) in [5.74, 6) is 0.661. The Kier molecular flexibility index (Phi) is 4.62. The number of hydrogen-bond donors (Lipinski definition) is 1. The van der Waals surface area contributed by atoms with E-state index in [2.05, 4.69) is 26.9 Å². The Balaban J connectivity index is 2.21. The molecule has 3 nitrogen and oxygen atoms in total. The smallest absolute Gasteiger partial charge is 0.103 e. The van der Waals surface area contributed by atoms with Crippen molar-refractivity contribution in [1.82, 2.24) is 0 Å². The molecule has 2 N–H and O–H groups in total. The number of rotatable bonds is 3. The standard InChI is InChI=1S/C14H18BrN3/c15-13-4-1-5-14(12(13)9-17)18-8-2-3-11(10-18)6-7-16/h1,4-5,11H,2-3,6-8,10,16H2. The van der Waals surface area contributed by atoms with Crippen molar-refractivity contribution in [3.63, 3.8) is 0 Å². The van der Waals surface area contributed by atoms with Gasteiger partial charge in [0.25, 0.3) is 0 Å². The van der Waals surface area contributed by atoms with Gasteiger partial charge in [0.1, 0.15) is 6.07 Å². The maximum absolute atomic E-state index is 9.27. The van der Waals surface area contributed by atoms with Crippen LogP contribution in [0.15, 0.2) is 22.7 Å². The lowest BCUT2D eigenvalue weighted by Gasteiger charge is -2.35. The van der Waals surface area contributed by atoms with Gasteiger partial charge in [0.2, 0.25) is 0 Å². The van der Waals surface area contributed by atoms with Gasteiger partial charge in [-0.25, -0.2) is 0 Å². The molecule has 96 valence electrons. The Labute approximate surface area is 117 Å². The van der Waals surface area contributed by atoms with Crippen LogP contribution in [0.2, 0.25) is 0 Å². The highest BCUT2D eigenvalue weighted by Gasteiger charge is 2.21. The van der Waals surface area contributed by atoms with Crippen LogP contribution in [-0.4, -0.2) is 19.6 Å². The van der Waals surface area contributed by atoms with Crippen molar-refractivity contribution in [2.75, 3.05) is 24.5 Å². The third-order valence-corrected chi connectivity index (χ3v) is 4.20. The summed E-state index contributed by atoms with van der Waals surface area (Å²) < 4.78 is 0.878. The van der Waals surface area contributed by atoms with E-state index in [1.807, 2.05) is 18.2 Å². The van der Waals surface area contributed by atoms with Gasteiger partial charge in [-0.3, -0.25) is 0 Å². The van der Waals surface area contributed by atoms with E-state index < -0.39 is 0 Å². The van der Waals surface area contributed by atoms with Gasteiger partial charge in [-0.1, -0.05) is 6.07 Å². The summed E-state index contributed by atoms with van der Waals surface area (Å²) in [6.45, 7) is 2.80.